The van der Waals surface area contributed by atoms with E-state index in [1.165, 1.54) is 12.1 Å². The van der Waals surface area contributed by atoms with Crippen molar-refractivity contribution in [1.82, 2.24) is 4.98 Å². The van der Waals surface area contributed by atoms with Gasteiger partial charge in [-0.1, -0.05) is 0 Å². The Kier molecular flexibility index (Phi) is 4.30. The number of anilines is 1. The van der Waals surface area contributed by atoms with Crippen LogP contribution in [0.1, 0.15) is 36.8 Å². The van der Waals surface area contributed by atoms with Crippen LogP contribution in [0.15, 0.2) is 18.3 Å². The lowest BCUT2D eigenvalue weighted by Crippen LogP contribution is -2.38. The fourth-order valence-electron chi connectivity index (χ4n) is 4.31. The number of ether oxygens (including phenoxy) is 1. The standard InChI is InChI=1S/C20H22FN3O/c1-13-9-16(21)10-17-19(13)23-12-15(11-22)20(17)24-6-4-14(5-7-24)18-3-2-8-25-18/h9-10,12,14,18H,2-8H2,1H3. The van der Waals surface area contributed by atoms with Crippen molar-refractivity contribution in [3.8, 4) is 6.07 Å². The van der Waals surface area contributed by atoms with Crippen molar-refractivity contribution in [2.45, 2.75) is 38.7 Å². The van der Waals surface area contributed by atoms with Crippen LogP contribution in [0.3, 0.4) is 0 Å². The average molecular weight is 339 g/mol. The molecular weight excluding hydrogens is 317 g/mol. The maximum Gasteiger partial charge on any atom is 0.124 e. The number of nitriles is 1. The molecule has 3 heterocycles. The molecule has 25 heavy (non-hydrogen) atoms. The van der Waals surface area contributed by atoms with Gasteiger partial charge in [-0.3, -0.25) is 4.98 Å². The number of benzene rings is 1. The average Bonchev–Trinajstić information content (AvgIpc) is 3.15. The third-order valence-corrected chi connectivity index (χ3v) is 5.57. The zero-order valence-corrected chi connectivity index (χ0v) is 14.5. The number of rotatable bonds is 2. The van der Waals surface area contributed by atoms with Gasteiger partial charge in [-0.25, -0.2) is 4.39 Å². The zero-order valence-electron chi connectivity index (χ0n) is 14.5. The molecule has 1 aromatic heterocycles. The lowest BCUT2D eigenvalue weighted by molar-refractivity contribution is 0.0532. The Bertz CT molecular complexity index is 831. The van der Waals surface area contributed by atoms with Crippen LogP contribution in [0.5, 0.6) is 0 Å². The highest BCUT2D eigenvalue weighted by atomic mass is 19.1. The maximum absolute atomic E-state index is 14.0. The molecule has 0 saturated carbocycles. The SMILES string of the molecule is Cc1cc(F)cc2c(N3CCC(C4CCCO4)CC3)c(C#N)cnc12. The first kappa shape index (κ1) is 16.3. The second-order valence-corrected chi connectivity index (χ2v) is 7.13. The van der Waals surface area contributed by atoms with Gasteiger partial charge in [0.1, 0.15) is 11.9 Å². The molecule has 5 heteroatoms. The predicted molar refractivity (Wildman–Crippen MR) is 95.1 cm³/mol. The van der Waals surface area contributed by atoms with Crippen molar-refractivity contribution < 1.29 is 9.13 Å². The van der Waals surface area contributed by atoms with E-state index in [1.807, 2.05) is 6.92 Å². The van der Waals surface area contributed by atoms with Crippen molar-refractivity contribution >= 4 is 16.6 Å². The van der Waals surface area contributed by atoms with Gasteiger partial charge in [0, 0.05) is 31.3 Å². The molecule has 1 atom stereocenters. The first-order valence-electron chi connectivity index (χ1n) is 9.03. The molecule has 0 aliphatic carbocycles. The Morgan fingerprint density at radius 1 is 1.28 bits per heavy atom. The van der Waals surface area contributed by atoms with E-state index < -0.39 is 0 Å². The number of pyridine rings is 1. The Morgan fingerprint density at radius 3 is 2.76 bits per heavy atom. The number of aryl methyl sites for hydroxylation is 1. The van der Waals surface area contributed by atoms with Gasteiger partial charge in [0.15, 0.2) is 0 Å². The van der Waals surface area contributed by atoms with Crippen LogP contribution < -0.4 is 4.90 Å². The van der Waals surface area contributed by atoms with Crippen molar-refractivity contribution in [1.29, 1.82) is 5.26 Å². The molecule has 4 rings (SSSR count). The van der Waals surface area contributed by atoms with Crippen LogP contribution in [0, 0.1) is 30.0 Å². The van der Waals surface area contributed by atoms with Gasteiger partial charge < -0.3 is 9.64 Å². The van der Waals surface area contributed by atoms with E-state index in [0.29, 0.717) is 17.6 Å². The zero-order chi connectivity index (χ0) is 17.4. The van der Waals surface area contributed by atoms with Crippen LogP contribution in [-0.2, 0) is 4.74 Å². The summed E-state index contributed by atoms with van der Waals surface area (Å²) in [6, 6.07) is 5.25. The molecule has 2 aliphatic heterocycles. The monoisotopic (exact) mass is 339 g/mol. The van der Waals surface area contributed by atoms with Crippen LogP contribution in [0.2, 0.25) is 0 Å². The lowest BCUT2D eigenvalue weighted by Gasteiger charge is -2.36. The summed E-state index contributed by atoms with van der Waals surface area (Å²) in [5.74, 6) is 0.313. The second kappa shape index (κ2) is 6.61. The van der Waals surface area contributed by atoms with Crippen molar-refractivity contribution in [2.24, 2.45) is 5.92 Å². The smallest absolute Gasteiger partial charge is 0.124 e. The minimum atomic E-state index is -0.280. The molecule has 1 unspecified atom stereocenters. The topological polar surface area (TPSA) is 49.1 Å². The highest BCUT2D eigenvalue weighted by molar-refractivity contribution is 5.96. The summed E-state index contributed by atoms with van der Waals surface area (Å²) in [4.78, 5) is 6.62. The normalized spacial score (nSPS) is 21.6. The van der Waals surface area contributed by atoms with Gasteiger partial charge in [-0.05, 0) is 56.2 Å². The quantitative estimate of drug-likeness (QED) is 0.831. The summed E-state index contributed by atoms with van der Waals surface area (Å²) in [5.41, 5.74) is 2.93. The molecule has 2 aliphatic rings. The van der Waals surface area contributed by atoms with E-state index >= 15 is 0 Å². The molecule has 2 fully saturated rings. The molecule has 0 spiro atoms. The minimum absolute atomic E-state index is 0.280. The summed E-state index contributed by atoms with van der Waals surface area (Å²) >= 11 is 0. The number of hydrogen-bond acceptors (Lipinski definition) is 4. The molecule has 130 valence electrons. The van der Waals surface area contributed by atoms with Crippen molar-refractivity contribution in [2.75, 3.05) is 24.6 Å². The Labute approximate surface area is 147 Å². The molecule has 2 saturated heterocycles. The summed E-state index contributed by atoms with van der Waals surface area (Å²) in [7, 11) is 0. The summed E-state index contributed by atoms with van der Waals surface area (Å²) in [6.07, 6.45) is 6.44. The Balaban J connectivity index is 1.68. The van der Waals surface area contributed by atoms with Crippen LogP contribution >= 0.6 is 0 Å². The van der Waals surface area contributed by atoms with Gasteiger partial charge in [0.2, 0.25) is 0 Å². The number of halogens is 1. The Hall–Kier alpha value is -2.19. The van der Waals surface area contributed by atoms with Gasteiger partial charge in [0.05, 0.1) is 22.9 Å². The molecule has 0 bridgehead atoms. The molecule has 0 amide bonds. The summed E-state index contributed by atoms with van der Waals surface area (Å²) in [5, 5.41) is 10.3. The first-order valence-corrected chi connectivity index (χ1v) is 9.03. The molecule has 1 aromatic carbocycles. The molecule has 0 radical (unpaired) electrons. The van der Waals surface area contributed by atoms with Crippen LogP contribution in [0.25, 0.3) is 10.9 Å². The number of aromatic nitrogens is 1. The van der Waals surface area contributed by atoms with Gasteiger partial charge in [-0.15, -0.1) is 0 Å². The highest BCUT2D eigenvalue weighted by Gasteiger charge is 2.30. The van der Waals surface area contributed by atoms with Crippen LogP contribution in [0.4, 0.5) is 10.1 Å². The maximum atomic E-state index is 14.0. The second-order valence-electron chi connectivity index (χ2n) is 7.13. The van der Waals surface area contributed by atoms with E-state index in [2.05, 4.69) is 16.0 Å². The summed E-state index contributed by atoms with van der Waals surface area (Å²) < 4.78 is 19.9. The van der Waals surface area contributed by atoms with Crippen molar-refractivity contribution in [3.63, 3.8) is 0 Å². The van der Waals surface area contributed by atoms with Crippen molar-refractivity contribution in [3.05, 3.63) is 35.3 Å². The van der Waals surface area contributed by atoms with E-state index in [1.54, 1.807) is 6.20 Å². The van der Waals surface area contributed by atoms with Gasteiger partial charge in [0.25, 0.3) is 0 Å². The molecule has 4 nitrogen and oxygen atoms in total. The van der Waals surface area contributed by atoms with Crippen LogP contribution in [-0.4, -0.2) is 30.8 Å². The molecular formula is C20H22FN3O. The van der Waals surface area contributed by atoms with Gasteiger partial charge in [-0.2, -0.15) is 5.26 Å². The Morgan fingerprint density at radius 2 is 2.08 bits per heavy atom. The predicted octanol–water partition coefficient (Wildman–Crippen LogP) is 3.95. The highest BCUT2D eigenvalue weighted by Crippen LogP contribution is 2.36. The lowest BCUT2D eigenvalue weighted by atomic mass is 9.89. The number of piperidine rings is 1. The minimum Gasteiger partial charge on any atom is -0.378 e. The van der Waals surface area contributed by atoms with E-state index in [9.17, 15) is 9.65 Å². The first-order chi connectivity index (χ1) is 12.2. The van der Waals surface area contributed by atoms with Gasteiger partial charge >= 0.3 is 0 Å². The third kappa shape index (κ3) is 2.96. The fraction of sp³-hybridized carbons (Fsp3) is 0.500. The third-order valence-electron chi connectivity index (χ3n) is 5.57. The molecule has 0 N–H and O–H groups in total. The molecule has 2 aromatic rings. The number of nitrogens with zero attached hydrogens (tertiary/aromatic N) is 3. The summed E-state index contributed by atoms with van der Waals surface area (Å²) in [6.45, 7) is 4.48. The number of hydrogen-bond donors (Lipinski definition) is 0. The largest absolute Gasteiger partial charge is 0.378 e. The van der Waals surface area contributed by atoms with E-state index in [-0.39, 0.29) is 5.82 Å². The fourth-order valence-corrected chi connectivity index (χ4v) is 4.31. The van der Waals surface area contributed by atoms with E-state index in [4.69, 9.17) is 4.74 Å². The number of fused-ring (bicyclic) bond motifs is 1. The van der Waals surface area contributed by atoms with E-state index in [0.717, 1.165) is 67.5 Å².